The number of hydrogen-bond acceptors (Lipinski definition) is 2. The maximum absolute atomic E-state index is 11.2. The number of fused-ring (bicyclic) bond motifs is 1. The first-order valence-electron chi connectivity index (χ1n) is 4.27. The number of nitrogens with one attached hydrogen (secondary N) is 1. The molecule has 1 atom stereocenters. The van der Waals surface area contributed by atoms with E-state index in [1.54, 1.807) is 13.0 Å². The van der Waals surface area contributed by atoms with Crippen molar-refractivity contribution >= 4 is 5.91 Å². The summed E-state index contributed by atoms with van der Waals surface area (Å²) < 4.78 is 0. The molecule has 1 aromatic rings. The molecule has 13 heavy (non-hydrogen) atoms. The lowest BCUT2D eigenvalue weighted by Crippen LogP contribution is -2.12. The van der Waals surface area contributed by atoms with Crippen LogP contribution in [-0.2, 0) is 6.54 Å². The van der Waals surface area contributed by atoms with Crippen molar-refractivity contribution in [2.24, 2.45) is 0 Å². The van der Waals surface area contributed by atoms with Crippen molar-refractivity contribution in [2.75, 3.05) is 0 Å². The molecule has 3 heteroatoms. The topological polar surface area (TPSA) is 49.3 Å². The van der Waals surface area contributed by atoms with Crippen LogP contribution in [0.5, 0.6) is 0 Å². The summed E-state index contributed by atoms with van der Waals surface area (Å²) in [7, 11) is 0. The number of amides is 1. The highest BCUT2D eigenvalue weighted by Gasteiger charge is 2.19. The fraction of sp³-hybridized carbons (Fsp3) is 0.300. The van der Waals surface area contributed by atoms with Crippen molar-refractivity contribution < 1.29 is 9.90 Å². The molecule has 0 aromatic heterocycles. The minimum atomic E-state index is -0.515. The zero-order chi connectivity index (χ0) is 9.42. The van der Waals surface area contributed by atoms with E-state index < -0.39 is 6.10 Å². The summed E-state index contributed by atoms with van der Waals surface area (Å²) in [4.78, 5) is 11.2. The first-order chi connectivity index (χ1) is 6.18. The molecular formula is C10H11NO2. The Morgan fingerprint density at radius 2 is 2.31 bits per heavy atom. The van der Waals surface area contributed by atoms with Crippen LogP contribution in [0.25, 0.3) is 0 Å². The van der Waals surface area contributed by atoms with Gasteiger partial charge in [0, 0.05) is 12.1 Å². The molecule has 68 valence electrons. The number of rotatable bonds is 1. The average molecular weight is 177 g/mol. The summed E-state index contributed by atoms with van der Waals surface area (Å²) in [6, 6.07) is 5.49. The maximum Gasteiger partial charge on any atom is 0.251 e. The van der Waals surface area contributed by atoms with E-state index in [-0.39, 0.29) is 5.91 Å². The van der Waals surface area contributed by atoms with Gasteiger partial charge in [-0.15, -0.1) is 0 Å². The predicted octanol–water partition coefficient (Wildman–Crippen LogP) is 0.983. The van der Waals surface area contributed by atoms with Gasteiger partial charge in [0.25, 0.3) is 5.91 Å². The third-order valence-corrected chi connectivity index (χ3v) is 2.30. The highest BCUT2D eigenvalue weighted by Crippen LogP contribution is 2.20. The molecule has 2 rings (SSSR count). The number of carbonyl (C=O) groups is 1. The molecular weight excluding hydrogens is 166 g/mol. The molecule has 1 unspecified atom stereocenters. The number of benzene rings is 1. The lowest BCUT2D eigenvalue weighted by molar-refractivity contribution is 0.0965. The van der Waals surface area contributed by atoms with Crippen molar-refractivity contribution in [2.45, 2.75) is 19.6 Å². The van der Waals surface area contributed by atoms with Gasteiger partial charge in [-0.2, -0.15) is 0 Å². The number of hydrogen-bond donors (Lipinski definition) is 2. The molecule has 1 aliphatic heterocycles. The molecule has 0 spiro atoms. The van der Waals surface area contributed by atoms with Gasteiger partial charge >= 0.3 is 0 Å². The summed E-state index contributed by atoms with van der Waals surface area (Å²) in [5, 5.41) is 12.0. The first kappa shape index (κ1) is 8.26. The molecule has 0 bridgehead atoms. The third kappa shape index (κ3) is 1.31. The number of aliphatic hydroxyl groups is 1. The van der Waals surface area contributed by atoms with Crippen LogP contribution in [-0.4, -0.2) is 11.0 Å². The zero-order valence-electron chi connectivity index (χ0n) is 7.37. The monoisotopic (exact) mass is 177 g/mol. The van der Waals surface area contributed by atoms with Gasteiger partial charge in [-0.1, -0.05) is 12.1 Å². The fourth-order valence-corrected chi connectivity index (χ4v) is 1.49. The first-order valence-corrected chi connectivity index (χ1v) is 4.27. The molecule has 1 aliphatic rings. The molecule has 1 aromatic carbocycles. The third-order valence-electron chi connectivity index (χ3n) is 2.30. The average Bonchev–Trinajstić information content (AvgIpc) is 2.47. The molecule has 2 N–H and O–H groups in total. The van der Waals surface area contributed by atoms with Crippen LogP contribution < -0.4 is 5.32 Å². The van der Waals surface area contributed by atoms with Gasteiger partial charge in [0.05, 0.1) is 6.10 Å². The number of carbonyl (C=O) groups excluding carboxylic acids is 1. The Hall–Kier alpha value is -1.35. The van der Waals surface area contributed by atoms with E-state index in [0.29, 0.717) is 12.1 Å². The summed E-state index contributed by atoms with van der Waals surface area (Å²) in [6.07, 6.45) is -0.515. The van der Waals surface area contributed by atoms with E-state index in [2.05, 4.69) is 5.32 Å². The van der Waals surface area contributed by atoms with E-state index >= 15 is 0 Å². The summed E-state index contributed by atoms with van der Waals surface area (Å²) >= 11 is 0. The highest BCUT2D eigenvalue weighted by atomic mass is 16.3. The van der Waals surface area contributed by atoms with E-state index in [0.717, 1.165) is 11.1 Å². The zero-order valence-corrected chi connectivity index (χ0v) is 7.37. The van der Waals surface area contributed by atoms with Gasteiger partial charge in [-0.3, -0.25) is 4.79 Å². The summed E-state index contributed by atoms with van der Waals surface area (Å²) in [5.74, 6) is -0.0440. The molecule has 1 heterocycles. The van der Waals surface area contributed by atoms with Crippen LogP contribution in [0.1, 0.15) is 34.5 Å². The second kappa shape index (κ2) is 2.85. The standard InChI is InChI=1S/C10H11NO2/c1-6(12)7-2-3-8-5-11-10(13)9(8)4-7/h2-4,6,12H,5H2,1H3,(H,11,13). The Balaban J connectivity index is 2.48. The summed E-state index contributed by atoms with van der Waals surface area (Å²) in [6.45, 7) is 2.29. The maximum atomic E-state index is 11.2. The van der Waals surface area contributed by atoms with Crippen LogP contribution >= 0.6 is 0 Å². The minimum absolute atomic E-state index is 0.0440. The highest BCUT2D eigenvalue weighted by molar-refractivity contribution is 5.98. The molecule has 0 aliphatic carbocycles. The van der Waals surface area contributed by atoms with Crippen molar-refractivity contribution in [3.05, 3.63) is 34.9 Å². The van der Waals surface area contributed by atoms with Gasteiger partial charge in [0.2, 0.25) is 0 Å². The van der Waals surface area contributed by atoms with Gasteiger partial charge in [-0.05, 0) is 24.1 Å². The van der Waals surface area contributed by atoms with Gasteiger partial charge < -0.3 is 10.4 Å². The second-order valence-corrected chi connectivity index (χ2v) is 3.28. The van der Waals surface area contributed by atoms with Crippen molar-refractivity contribution in [1.29, 1.82) is 0 Å². The molecule has 0 fully saturated rings. The van der Waals surface area contributed by atoms with E-state index in [1.165, 1.54) is 0 Å². The molecule has 0 saturated heterocycles. The van der Waals surface area contributed by atoms with Gasteiger partial charge in [0.15, 0.2) is 0 Å². The van der Waals surface area contributed by atoms with Crippen LogP contribution in [0.4, 0.5) is 0 Å². The Kier molecular flexibility index (Phi) is 1.81. The van der Waals surface area contributed by atoms with Crippen molar-refractivity contribution in [3.63, 3.8) is 0 Å². The number of aliphatic hydroxyl groups excluding tert-OH is 1. The molecule has 0 radical (unpaired) electrons. The van der Waals surface area contributed by atoms with Crippen molar-refractivity contribution in [1.82, 2.24) is 5.32 Å². The van der Waals surface area contributed by atoms with Crippen LogP contribution in [0, 0.1) is 0 Å². The van der Waals surface area contributed by atoms with E-state index in [4.69, 9.17) is 0 Å². The van der Waals surface area contributed by atoms with Crippen molar-refractivity contribution in [3.8, 4) is 0 Å². The molecule has 3 nitrogen and oxygen atoms in total. The van der Waals surface area contributed by atoms with Crippen LogP contribution in [0.15, 0.2) is 18.2 Å². The Morgan fingerprint density at radius 1 is 1.54 bits per heavy atom. The van der Waals surface area contributed by atoms with Crippen LogP contribution in [0.3, 0.4) is 0 Å². The Labute approximate surface area is 76.4 Å². The summed E-state index contributed by atoms with van der Waals surface area (Å²) in [5.41, 5.74) is 2.49. The smallest absolute Gasteiger partial charge is 0.251 e. The van der Waals surface area contributed by atoms with E-state index in [9.17, 15) is 9.90 Å². The normalized spacial score (nSPS) is 16.6. The quantitative estimate of drug-likeness (QED) is 0.671. The van der Waals surface area contributed by atoms with Gasteiger partial charge in [-0.25, -0.2) is 0 Å². The fourth-order valence-electron chi connectivity index (χ4n) is 1.49. The molecule has 0 saturated carbocycles. The lowest BCUT2D eigenvalue weighted by atomic mass is 10.0. The van der Waals surface area contributed by atoms with Gasteiger partial charge in [0.1, 0.15) is 0 Å². The Morgan fingerprint density at radius 3 is 3.00 bits per heavy atom. The predicted molar refractivity (Wildman–Crippen MR) is 48.2 cm³/mol. The SMILES string of the molecule is CC(O)c1ccc2c(c1)C(=O)NC2. The van der Waals surface area contributed by atoms with E-state index in [1.807, 2.05) is 12.1 Å². The lowest BCUT2D eigenvalue weighted by Gasteiger charge is -2.05. The minimum Gasteiger partial charge on any atom is -0.389 e. The molecule has 1 amide bonds. The Bertz CT molecular complexity index is 358. The largest absolute Gasteiger partial charge is 0.389 e. The van der Waals surface area contributed by atoms with Crippen LogP contribution in [0.2, 0.25) is 0 Å². The second-order valence-electron chi connectivity index (χ2n) is 3.28.